The third kappa shape index (κ3) is 6.23. The van der Waals surface area contributed by atoms with E-state index in [0.717, 1.165) is 52.1 Å². The molecule has 2 aromatic heterocycles. The van der Waals surface area contributed by atoms with Crippen molar-refractivity contribution >= 4 is 22.7 Å². The molecule has 6 rings (SSSR count). The number of para-hydroxylation sites is 1. The lowest BCUT2D eigenvalue weighted by atomic mass is 9.84. The number of nitrogens with zero attached hydrogens (tertiary/aromatic N) is 4. The van der Waals surface area contributed by atoms with Crippen LogP contribution in [0.25, 0.3) is 22.2 Å². The second-order valence-electron chi connectivity index (χ2n) is 11.8. The molecular weight excluding hydrogens is 524 g/mol. The number of H-pyrrole nitrogens is 1. The summed E-state index contributed by atoms with van der Waals surface area (Å²) in [5.41, 5.74) is 5.17. The maximum absolute atomic E-state index is 14.2. The van der Waals surface area contributed by atoms with E-state index < -0.39 is 0 Å². The van der Waals surface area contributed by atoms with Crippen molar-refractivity contribution < 1.29 is 9.59 Å². The van der Waals surface area contributed by atoms with Gasteiger partial charge in [-0.2, -0.15) is 0 Å². The fourth-order valence-corrected chi connectivity index (χ4v) is 6.57. The summed E-state index contributed by atoms with van der Waals surface area (Å²) in [6, 6.07) is 18.3. The Bertz CT molecular complexity index is 1510. The van der Waals surface area contributed by atoms with E-state index in [-0.39, 0.29) is 17.9 Å². The largest absolute Gasteiger partial charge is 0.349 e. The number of rotatable bonds is 8. The van der Waals surface area contributed by atoms with E-state index >= 15 is 0 Å². The molecule has 2 N–H and O–H groups in total. The van der Waals surface area contributed by atoms with Crippen LogP contribution < -0.4 is 5.32 Å². The standard InChI is InChI=1S/C34H40N6O2/c1-24(25-10-4-2-5-11-25)37-34(42)32-28-14-8-9-15-30(28)38-33(26-12-6-3-7-13-26)29(32)22-39-16-18-40(19-17-39)31(41)20-27-21-35-23-36-27/h3,6-9,12-15,21,23-25H,2,4-5,10-11,16-20,22H2,1H3,(H,35,36)(H,37,42)/t24-/m0/s1. The van der Waals surface area contributed by atoms with E-state index in [1.807, 2.05) is 47.4 Å². The van der Waals surface area contributed by atoms with Crippen molar-refractivity contribution in [2.24, 2.45) is 5.92 Å². The molecule has 1 atom stereocenters. The fraction of sp³-hybridized carbons (Fsp3) is 0.412. The molecule has 0 spiro atoms. The first-order valence-electron chi connectivity index (χ1n) is 15.3. The lowest BCUT2D eigenvalue weighted by molar-refractivity contribution is -0.132. The smallest absolute Gasteiger partial charge is 0.252 e. The quantitative estimate of drug-likeness (QED) is 0.306. The molecule has 2 aromatic carbocycles. The Hall–Kier alpha value is -4.04. The van der Waals surface area contributed by atoms with Crippen molar-refractivity contribution in [1.82, 2.24) is 30.1 Å². The fourth-order valence-electron chi connectivity index (χ4n) is 6.57. The van der Waals surface area contributed by atoms with Crippen molar-refractivity contribution in [2.45, 2.75) is 58.0 Å². The van der Waals surface area contributed by atoms with Gasteiger partial charge in [0.2, 0.25) is 5.91 Å². The average molecular weight is 565 g/mol. The summed E-state index contributed by atoms with van der Waals surface area (Å²) in [6.07, 6.45) is 9.74. The maximum atomic E-state index is 14.2. The zero-order chi connectivity index (χ0) is 28.9. The van der Waals surface area contributed by atoms with Gasteiger partial charge in [0, 0.05) is 67.2 Å². The van der Waals surface area contributed by atoms with Gasteiger partial charge in [-0.25, -0.2) is 9.97 Å². The zero-order valence-electron chi connectivity index (χ0n) is 24.4. The Balaban J connectivity index is 1.30. The van der Waals surface area contributed by atoms with Gasteiger partial charge in [0.05, 0.1) is 29.5 Å². The molecule has 0 bridgehead atoms. The summed E-state index contributed by atoms with van der Waals surface area (Å²) >= 11 is 0. The number of carbonyl (C=O) groups excluding carboxylic acids is 2. The van der Waals surface area contributed by atoms with Crippen molar-refractivity contribution in [3.8, 4) is 11.3 Å². The van der Waals surface area contributed by atoms with Gasteiger partial charge in [-0.3, -0.25) is 14.5 Å². The first kappa shape index (κ1) is 28.1. The minimum Gasteiger partial charge on any atom is -0.349 e. The number of hydrogen-bond donors (Lipinski definition) is 2. The number of hydrogen-bond acceptors (Lipinski definition) is 5. The third-order valence-corrected chi connectivity index (χ3v) is 8.99. The lowest BCUT2D eigenvalue weighted by Crippen LogP contribution is -2.49. The maximum Gasteiger partial charge on any atom is 0.252 e. The van der Waals surface area contributed by atoms with Gasteiger partial charge in [-0.1, -0.05) is 67.8 Å². The van der Waals surface area contributed by atoms with Crippen LogP contribution in [-0.2, 0) is 17.8 Å². The van der Waals surface area contributed by atoms with Gasteiger partial charge in [0.25, 0.3) is 5.91 Å². The number of imidazole rings is 1. The normalized spacial score (nSPS) is 17.3. The Labute approximate surface area is 247 Å². The molecule has 8 heteroatoms. The van der Waals surface area contributed by atoms with Crippen molar-refractivity contribution in [2.75, 3.05) is 26.2 Å². The Morgan fingerprint density at radius 1 is 0.976 bits per heavy atom. The minimum absolute atomic E-state index is 0.0211. The molecule has 218 valence electrons. The number of carbonyl (C=O) groups is 2. The predicted molar refractivity (Wildman–Crippen MR) is 165 cm³/mol. The Morgan fingerprint density at radius 2 is 1.71 bits per heavy atom. The van der Waals surface area contributed by atoms with E-state index in [9.17, 15) is 9.59 Å². The first-order valence-corrected chi connectivity index (χ1v) is 15.3. The molecule has 0 unspecified atom stereocenters. The molecule has 8 nitrogen and oxygen atoms in total. The molecule has 4 aromatic rings. The number of nitrogens with one attached hydrogen (secondary N) is 2. The number of aromatic nitrogens is 3. The molecule has 1 saturated heterocycles. The summed E-state index contributed by atoms with van der Waals surface area (Å²) in [5.74, 6) is 0.598. The van der Waals surface area contributed by atoms with E-state index in [1.165, 1.54) is 32.1 Å². The molecule has 2 aliphatic rings. The average Bonchev–Trinajstić information content (AvgIpc) is 3.55. The molecule has 2 amide bonds. The molecule has 0 radical (unpaired) electrons. The molecule has 1 aliphatic carbocycles. The van der Waals surface area contributed by atoms with E-state index in [2.05, 4.69) is 39.2 Å². The van der Waals surface area contributed by atoms with Crippen LogP contribution in [0.4, 0.5) is 0 Å². The number of piperazine rings is 1. The monoisotopic (exact) mass is 564 g/mol. The van der Waals surface area contributed by atoms with Crippen LogP contribution in [0.15, 0.2) is 67.1 Å². The topological polar surface area (TPSA) is 94.2 Å². The van der Waals surface area contributed by atoms with E-state index in [4.69, 9.17) is 4.98 Å². The Morgan fingerprint density at radius 3 is 2.45 bits per heavy atom. The highest BCUT2D eigenvalue weighted by molar-refractivity contribution is 6.09. The molecule has 42 heavy (non-hydrogen) atoms. The summed E-state index contributed by atoms with van der Waals surface area (Å²) in [7, 11) is 0. The van der Waals surface area contributed by atoms with Crippen LogP contribution >= 0.6 is 0 Å². The summed E-state index contributed by atoms with van der Waals surface area (Å²) in [4.78, 5) is 43.6. The summed E-state index contributed by atoms with van der Waals surface area (Å²) in [6.45, 7) is 5.51. The molecule has 2 fully saturated rings. The number of benzene rings is 2. The van der Waals surface area contributed by atoms with Crippen molar-refractivity contribution in [3.05, 3.63) is 83.9 Å². The predicted octanol–water partition coefficient (Wildman–Crippen LogP) is 5.21. The van der Waals surface area contributed by atoms with Crippen LogP contribution in [0, 0.1) is 5.92 Å². The summed E-state index contributed by atoms with van der Waals surface area (Å²) in [5, 5.41) is 4.29. The van der Waals surface area contributed by atoms with Crippen LogP contribution in [0.1, 0.15) is 60.6 Å². The molecular formula is C34H40N6O2. The van der Waals surface area contributed by atoms with Crippen LogP contribution in [0.3, 0.4) is 0 Å². The number of pyridine rings is 1. The van der Waals surface area contributed by atoms with Gasteiger partial charge in [-0.15, -0.1) is 0 Å². The van der Waals surface area contributed by atoms with Crippen molar-refractivity contribution in [3.63, 3.8) is 0 Å². The second kappa shape index (κ2) is 12.9. The molecule has 1 saturated carbocycles. The SMILES string of the molecule is C[C@H](NC(=O)c1c(CN2CCN(C(=O)Cc3cnc[nH]3)CC2)c(-c2ccccc2)nc2ccccc12)C1CCCCC1. The second-order valence-corrected chi connectivity index (χ2v) is 11.8. The molecule has 3 heterocycles. The highest BCUT2D eigenvalue weighted by Crippen LogP contribution is 2.33. The van der Waals surface area contributed by atoms with Gasteiger partial charge in [0.1, 0.15) is 0 Å². The molecule has 1 aliphatic heterocycles. The van der Waals surface area contributed by atoms with E-state index in [1.54, 1.807) is 12.5 Å². The first-order chi connectivity index (χ1) is 20.6. The highest BCUT2D eigenvalue weighted by Gasteiger charge is 2.28. The zero-order valence-corrected chi connectivity index (χ0v) is 24.4. The van der Waals surface area contributed by atoms with E-state index in [0.29, 0.717) is 32.0 Å². The summed E-state index contributed by atoms with van der Waals surface area (Å²) < 4.78 is 0. The number of amides is 2. The van der Waals surface area contributed by atoms with Crippen LogP contribution in [0.2, 0.25) is 0 Å². The van der Waals surface area contributed by atoms with Gasteiger partial charge in [0.15, 0.2) is 0 Å². The highest BCUT2D eigenvalue weighted by atomic mass is 16.2. The van der Waals surface area contributed by atoms with Gasteiger partial charge in [-0.05, 0) is 31.7 Å². The number of fused-ring (bicyclic) bond motifs is 1. The Kier molecular flexibility index (Phi) is 8.60. The number of aromatic amines is 1. The van der Waals surface area contributed by atoms with Crippen LogP contribution in [-0.4, -0.2) is 68.8 Å². The third-order valence-electron chi connectivity index (χ3n) is 8.99. The van der Waals surface area contributed by atoms with Gasteiger partial charge >= 0.3 is 0 Å². The van der Waals surface area contributed by atoms with Crippen LogP contribution in [0.5, 0.6) is 0 Å². The van der Waals surface area contributed by atoms with Gasteiger partial charge < -0.3 is 15.2 Å². The lowest BCUT2D eigenvalue weighted by Gasteiger charge is -2.35. The minimum atomic E-state index is -0.0211. The van der Waals surface area contributed by atoms with Crippen molar-refractivity contribution in [1.29, 1.82) is 0 Å².